The highest BCUT2D eigenvalue weighted by Gasteiger charge is 2.22. The SMILES string of the molecule is COCC(CNc1c(C)nc(-c2cc3c(cc2Cl)C(=O)CCC3)n(C)c1=O)OC. The molecule has 7 nitrogen and oxygen atoms in total. The summed E-state index contributed by atoms with van der Waals surface area (Å²) < 4.78 is 11.9. The molecule has 1 aromatic heterocycles. The summed E-state index contributed by atoms with van der Waals surface area (Å²) in [6.45, 7) is 2.61. The number of aryl methyl sites for hydroxylation is 2. The summed E-state index contributed by atoms with van der Waals surface area (Å²) in [5, 5.41) is 3.55. The fourth-order valence-electron chi connectivity index (χ4n) is 3.59. The quantitative estimate of drug-likeness (QED) is 0.742. The lowest BCUT2D eigenvalue weighted by molar-refractivity contribution is 0.0365. The molecule has 0 bridgehead atoms. The van der Waals surface area contributed by atoms with Crippen LogP contribution in [0.15, 0.2) is 16.9 Å². The number of hydrogen-bond acceptors (Lipinski definition) is 6. The van der Waals surface area contributed by atoms with Gasteiger partial charge in [-0.05, 0) is 37.5 Å². The summed E-state index contributed by atoms with van der Waals surface area (Å²) in [5.74, 6) is 0.588. The Morgan fingerprint density at radius 1 is 1.24 bits per heavy atom. The molecule has 0 saturated carbocycles. The summed E-state index contributed by atoms with van der Waals surface area (Å²) in [6.07, 6.45) is 2.00. The molecule has 29 heavy (non-hydrogen) atoms. The first-order valence-corrected chi connectivity index (χ1v) is 9.94. The van der Waals surface area contributed by atoms with Crippen molar-refractivity contribution >= 4 is 23.1 Å². The van der Waals surface area contributed by atoms with Crippen LogP contribution in [0.3, 0.4) is 0 Å². The lowest BCUT2D eigenvalue weighted by atomic mass is 9.89. The van der Waals surface area contributed by atoms with E-state index in [2.05, 4.69) is 10.3 Å². The van der Waals surface area contributed by atoms with Gasteiger partial charge in [0.05, 0.1) is 23.4 Å². The number of aromatic nitrogens is 2. The molecule has 1 heterocycles. The Hall–Kier alpha value is -2.22. The number of ether oxygens (including phenoxy) is 2. The first kappa shape index (κ1) is 21.5. The average Bonchev–Trinajstić information content (AvgIpc) is 2.70. The molecule has 2 aromatic rings. The normalized spacial score (nSPS) is 14.6. The second kappa shape index (κ2) is 9.07. The van der Waals surface area contributed by atoms with E-state index in [0.29, 0.717) is 52.9 Å². The Balaban J connectivity index is 1.98. The number of fused-ring (bicyclic) bond motifs is 1. The Morgan fingerprint density at radius 3 is 2.69 bits per heavy atom. The van der Waals surface area contributed by atoms with Gasteiger partial charge in [-0.1, -0.05) is 11.6 Å². The molecule has 156 valence electrons. The minimum atomic E-state index is -0.204. The van der Waals surface area contributed by atoms with Crippen molar-refractivity contribution in [2.45, 2.75) is 32.3 Å². The lowest BCUT2D eigenvalue weighted by Crippen LogP contribution is -2.31. The second-order valence-corrected chi connectivity index (χ2v) is 7.63. The van der Waals surface area contributed by atoms with Crippen molar-refractivity contribution in [2.24, 2.45) is 7.05 Å². The number of rotatable bonds is 7. The van der Waals surface area contributed by atoms with Crippen LogP contribution in [0, 0.1) is 6.92 Å². The van der Waals surface area contributed by atoms with Crippen LogP contribution in [-0.4, -0.2) is 48.8 Å². The maximum absolute atomic E-state index is 13.0. The Bertz CT molecular complexity index is 987. The van der Waals surface area contributed by atoms with Crippen molar-refractivity contribution in [3.05, 3.63) is 44.3 Å². The van der Waals surface area contributed by atoms with E-state index in [9.17, 15) is 9.59 Å². The van der Waals surface area contributed by atoms with Gasteiger partial charge in [-0.2, -0.15) is 0 Å². The number of ketones is 1. The fourth-order valence-corrected chi connectivity index (χ4v) is 3.84. The second-order valence-electron chi connectivity index (χ2n) is 7.22. The summed E-state index contributed by atoms with van der Waals surface area (Å²) >= 11 is 6.48. The minimum Gasteiger partial charge on any atom is -0.382 e. The molecule has 3 rings (SSSR count). The number of Topliss-reactive ketones (excluding diaryl/α,β-unsaturated/α-hetero) is 1. The predicted octanol–water partition coefficient (Wildman–Crippen LogP) is 3.00. The molecule has 1 unspecified atom stereocenters. The van der Waals surface area contributed by atoms with Crippen molar-refractivity contribution in [3.63, 3.8) is 0 Å². The molecule has 0 amide bonds. The number of nitrogens with zero attached hydrogens (tertiary/aromatic N) is 2. The standard InChI is InChI=1S/C21H26ClN3O4/c1-12-19(23-10-14(29-4)11-28-3)21(27)25(2)20(24-12)16-8-13-6-5-7-18(26)15(13)9-17(16)22/h8-9,14,23H,5-7,10-11H2,1-4H3. The van der Waals surface area contributed by atoms with Gasteiger partial charge in [-0.25, -0.2) is 4.98 Å². The van der Waals surface area contributed by atoms with E-state index >= 15 is 0 Å². The van der Waals surface area contributed by atoms with E-state index in [1.165, 1.54) is 4.57 Å². The molecule has 1 atom stereocenters. The number of hydrogen-bond donors (Lipinski definition) is 1. The van der Waals surface area contributed by atoms with Gasteiger partial charge < -0.3 is 14.8 Å². The van der Waals surface area contributed by atoms with Gasteiger partial charge in [-0.3, -0.25) is 14.2 Å². The van der Waals surface area contributed by atoms with Gasteiger partial charge in [0.15, 0.2) is 5.78 Å². The number of nitrogens with one attached hydrogen (secondary N) is 1. The molecule has 0 saturated heterocycles. The number of halogens is 1. The molecule has 0 spiro atoms. The zero-order valence-electron chi connectivity index (χ0n) is 17.2. The van der Waals surface area contributed by atoms with Crippen LogP contribution >= 0.6 is 11.6 Å². The highest BCUT2D eigenvalue weighted by atomic mass is 35.5. The smallest absolute Gasteiger partial charge is 0.277 e. The molecule has 0 radical (unpaired) electrons. The molecule has 0 fully saturated rings. The molecule has 1 aliphatic rings. The van der Waals surface area contributed by atoms with Crippen LogP contribution in [-0.2, 0) is 22.9 Å². The first-order valence-electron chi connectivity index (χ1n) is 9.56. The van der Waals surface area contributed by atoms with Crippen molar-refractivity contribution in [1.29, 1.82) is 0 Å². The van der Waals surface area contributed by atoms with E-state index in [1.807, 2.05) is 6.07 Å². The lowest BCUT2D eigenvalue weighted by Gasteiger charge is -2.20. The monoisotopic (exact) mass is 419 g/mol. The molecule has 1 aromatic carbocycles. The van der Waals surface area contributed by atoms with E-state index in [-0.39, 0.29) is 17.4 Å². The third-order valence-corrected chi connectivity index (χ3v) is 5.56. The van der Waals surface area contributed by atoms with Gasteiger partial charge in [0.25, 0.3) is 5.56 Å². The summed E-state index contributed by atoms with van der Waals surface area (Å²) in [4.78, 5) is 29.8. The zero-order valence-corrected chi connectivity index (χ0v) is 17.9. The minimum absolute atomic E-state index is 0.112. The van der Waals surface area contributed by atoms with E-state index in [0.717, 1.165) is 18.4 Å². The van der Waals surface area contributed by atoms with Gasteiger partial charge in [0, 0.05) is 45.4 Å². The van der Waals surface area contributed by atoms with Crippen molar-refractivity contribution in [3.8, 4) is 11.4 Å². The van der Waals surface area contributed by atoms with Crippen LogP contribution in [0.5, 0.6) is 0 Å². The molecule has 8 heteroatoms. The van der Waals surface area contributed by atoms with Crippen LogP contribution in [0.2, 0.25) is 5.02 Å². The third kappa shape index (κ3) is 4.37. The van der Waals surface area contributed by atoms with Gasteiger partial charge in [0.1, 0.15) is 11.5 Å². The molecule has 0 aliphatic heterocycles. The molecule has 1 aliphatic carbocycles. The zero-order chi connectivity index (χ0) is 21.1. The van der Waals surface area contributed by atoms with Gasteiger partial charge in [-0.15, -0.1) is 0 Å². The van der Waals surface area contributed by atoms with Crippen molar-refractivity contribution in [1.82, 2.24) is 9.55 Å². The van der Waals surface area contributed by atoms with Crippen LogP contribution in [0.1, 0.15) is 34.5 Å². The highest BCUT2D eigenvalue weighted by molar-refractivity contribution is 6.33. The Labute approximate surface area is 175 Å². The van der Waals surface area contributed by atoms with Crippen LogP contribution in [0.25, 0.3) is 11.4 Å². The van der Waals surface area contributed by atoms with E-state index < -0.39 is 0 Å². The first-order chi connectivity index (χ1) is 13.9. The highest BCUT2D eigenvalue weighted by Crippen LogP contribution is 2.33. The van der Waals surface area contributed by atoms with E-state index in [1.54, 1.807) is 34.3 Å². The van der Waals surface area contributed by atoms with Crippen molar-refractivity contribution in [2.75, 3.05) is 32.7 Å². The van der Waals surface area contributed by atoms with Crippen molar-refractivity contribution < 1.29 is 14.3 Å². The summed E-state index contributed by atoms with van der Waals surface area (Å²) in [6, 6.07) is 3.60. The predicted molar refractivity (Wildman–Crippen MR) is 113 cm³/mol. The molecule has 1 N–H and O–H groups in total. The maximum Gasteiger partial charge on any atom is 0.277 e. The number of methoxy groups -OCH3 is 2. The van der Waals surface area contributed by atoms with Crippen LogP contribution in [0.4, 0.5) is 5.69 Å². The largest absolute Gasteiger partial charge is 0.382 e. The Kier molecular flexibility index (Phi) is 6.72. The maximum atomic E-state index is 13.0. The van der Waals surface area contributed by atoms with E-state index in [4.69, 9.17) is 21.1 Å². The number of carbonyl (C=O) groups excluding carboxylic acids is 1. The fraction of sp³-hybridized carbons (Fsp3) is 0.476. The third-order valence-electron chi connectivity index (χ3n) is 5.25. The number of carbonyl (C=O) groups is 1. The molecular formula is C21H26ClN3O4. The summed E-state index contributed by atoms with van der Waals surface area (Å²) in [5.41, 5.74) is 3.07. The van der Waals surface area contributed by atoms with Gasteiger partial charge in [0.2, 0.25) is 0 Å². The Morgan fingerprint density at radius 2 is 2.00 bits per heavy atom. The van der Waals surface area contributed by atoms with Crippen LogP contribution < -0.4 is 10.9 Å². The molecular weight excluding hydrogens is 394 g/mol. The number of anilines is 1. The average molecular weight is 420 g/mol. The van der Waals surface area contributed by atoms with Gasteiger partial charge >= 0.3 is 0 Å². The topological polar surface area (TPSA) is 82.5 Å². The number of benzene rings is 1. The summed E-state index contributed by atoms with van der Waals surface area (Å²) in [7, 11) is 4.86.